The summed E-state index contributed by atoms with van der Waals surface area (Å²) >= 11 is 1.47. The number of hydrogen-bond acceptors (Lipinski definition) is 4. The predicted octanol–water partition coefficient (Wildman–Crippen LogP) is 4.39. The molecular formula is C23H30N4OS. The Hall–Kier alpha value is -1.82. The van der Waals surface area contributed by atoms with Crippen LogP contribution in [0.25, 0.3) is 5.69 Å². The molecule has 4 aliphatic rings. The van der Waals surface area contributed by atoms with Crippen molar-refractivity contribution in [2.45, 2.75) is 63.6 Å². The zero-order chi connectivity index (χ0) is 20.0. The molecule has 4 saturated carbocycles. The SMILES string of the molecule is Cc1nnc(SCC(=O)NC(C)C23CC4CC(CC(C4)C2)C3)n1-c1ccccc1. The van der Waals surface area contributed by atoms with Gasteiger partial charge in [0.15, 0.2) is 5.16 Å². The van der Waals surface area contributed by atoms with Crippen LogP contribution in [0.15, 0.2) is 35.5 Å². The van der Waals surface area contributed by atoms with E-state index in [1.807, 2.05) is 41.8 Å². The normalized spacial score (nSPS) is 31.0. The van der Waals surface area contributed by atoms with Gasteiger partial charge in [-0.15, -0.1) is 10.2 Å². The van der Waals surface area contributed by atoms with Crippen LogP contribution < -0.4 is 5.32 Å². The summed E-state index contributed by atoms with van der Waals surface area (Å²) in [4.78, 5) is 12.8. The van der Waals surface area contributed by atoms with Crippen molar-refractivity contribution in [3.63, 3.8) is 0 Å². The lowest BCUT2D eigenvalue weighted by Crippen LogP contribution is -2.56. The number of aryl methyl sites for hydroxylation is 1. The number of benzene rings is 1. The maximum atomic E-state index is 12.8. The van der Waals surface area contributed by atoms with E-state index in [9.17, 15) is 4.79 Å². The smallest absolute Gasteiger partial charge is 0.230 e. The molecule has 6 rings (SSSR count). The molecule has 29 heavy (non-hydrogen) atoms. The van der Waals surface area contributed by atoms with Gasteiger partial charge >= 0.3 is 0 Å². The summed E-state index contributed by atoms with van der Waals surface area (Å²) in [5.74, 6) is 4.04. The van der Waals surface area contributed by atoms with E-state index in [1.165, 1.54) is 50.3 Å². The summed E-state index contributed by atoms with van der Waals surface area (Å²) in [6.45, 7) is 4.19. The summed E-state index contributed by atoms with van der Waals surface area (Å²) < 4.78 is 2.01. The van der Waals surface area contributed by atoms with Crippen LogP contribution in [0, 0.1) is 30.1 Å². The number of amides is 1. The summed E-state index contributed by atoms with van der Waals surface area (Å²) in [6.07, 6.45) is 8.25. The zero-order valence-corrected chi connectivity index (χ0v) is 18.1. The number of nitrogens with zero attached hydrogens (tertiary/aromatic N) is 3. The van der Waals surface area contributed by atoms with Crippen molar-refractivity contribution in [2.24, 2.45) is 23.2 Å². The van der Waals surface area contributed by atoms with E-state index in [1.54, 1.807) is 0 Å². The first kappa shape index (κ1) is 19.2. The fourth-order valence-electron chi connectivity index (χ4n) is 6.59. The van der Waals surface area contributed by atoms with Gasteiger partial charge in [-0.25, -0.2) is 0 Å². The standard InChI is InChI=1S/C23H30N4OS/c1-15(23-11-17-8-18(12-23)10-19(9-17)13-23)24-21(28)14-29-22-26-25-16(2)27(22)20-6-4-3-5-7-20/h3-7,15,17-19H,8-14H2,1-2H3,(H,24,28). The summed E-state index contributed by atoms with van der Waals surface area (Å²) in [7, 11) is 0. The maximum Gasteiger partial charge on any atom is 0.230 e. The first-order chi connectivity index (χ1) is 14.0. The first-order valence-corrected chi connectivity index (χ1v) is 11.9. The molecule has 0 spiro atoms. The van der Waals surface area contributed by atoms with Crippen molar-refractivity contribution in [1.82, 2.24) is 20.1 Å². The van der Waals surface area contributed by atoms with Gasteiger partial charge in [-0.1, -0.05) is 30.0 Å². The highest BCUT2D eigenvalue weighted by Gasteiger charge is 2.53. The number of rotatable bonds is 6. The van der Waals surface area contributed by atoms with Crippen molar-refractivity contribution in [3.05, 3.63) is 36.2 Å². The van der Waals surface area contributed by atoms with Gasteiger partial charge < -0.3 is 5.32 Å². The number of para-hydroxylation sites is 1. The molecule has 1 aromatic heterocycles. The van der Waals surface area contributed by atoms with Crippen LogP contribution in [-0.2, 0) is 4.79 Å². The van der Waals surface area contributed by atoms with Crippen LogP contribution in [0.5, 0.6) is 0 Å². The number of aromatic nitrogens is 3. The van der Waals surface area contributed by atoms with E-state index in [0.717, 1.165) is 34.4 Å². The monoisotopic (exact) mass is 410 g/mol. The highest BCUT2D eigenvalue weighted by atomic mass is 32.2. The Morgan fingerprint density at radius 3 is 2.38 bits per heavy atom. The van der Waals surface area contributed by atoms with E-state index in [0.29, 0.717) is 11.2 Å². The van der Waals surface area contributed by atoms with Gasteiger partial charge in [-0.2, -0.15) is 0 Å². The van der Waals surface area contributed by atoms with E-state index >= 15 is 0 Å². The Balaban J connectivity index is 1.23. The second-order valence-corrected chi connectivity index (χ2v) is 10.5. The topological polar surface area (TPSA) is 59.8 Å². The second-order valence-electron chi connectivity index (χ2n) is 9.56. The Kier molecular flexibility index (Phi) is 4.93. The van der Waals surface area contributed by atoms with Crippen LogP contribution >= 0.6 is 11.8 Å². The second kappa shape index (κ2) is 7.46. The lowest BCUT2D eigenvalue weighted by molar-refractivity contribution is -0.123. The lowest BCUT2D eigenvalue weighted by Gasteiger charge is -2.59. The Bertz CT molecular complexity index is 858. The molecule has 154 valence electrons. The largest absolute Gasteiger partial charge is 0.352 e. The van der Waals surface area contributed by atoms with Gasteiger partial charge in [0, 0.05) is 11.7 Å². The highest BCUT2D eigenvalue weighted by Crippen LogP contribution is 2.61. The molecule has 0 saturated heterocycles. The van der Waals surface area contributed by atoms with Gasteiger partial charge in [0.2, 0.25) is 5.91 Å². The average Bonchev–Trinajstić information content (AvgIpc) is 3.06. The molecule has 4 fully saturated rings. The minimum atomic E-state index is 0.110. The first-order valence-electron chi connectivity index (χ1n) is 10.9. The molecular weight excluding hydrogens is 380 g/mol. The van der Waals surface area contributed by atoms with E-state index in [2.05, 4.69) is 22.4 Å². The fraction of sp³-hybridized carbons (Fsp3) is 0.609. The lowest BCUT2D eigenvalue weighted by atomic mass is 9.48. The minimum Gasteiger partial charge on any atom is -0.352 e. The molecule has 1 atom stereocenters. The molecule has 1 heterocycles. The van der Waals surface area contributed by atoms with Crippen LogP contribution in [0.3, 0.4) is 0 Å². The Morgan fingerprint density at radius 2 is 1.76 bits per heavy atom. The maximum absolute atomic E-state index is 12.8. The third-order valence-electron chi connectivity index (χ3n) is 7.52. The summed E-state index contributed by atoms with van der Waals surface area (Å²) in [5, 5.41) is 12.6. The van der Waals surface area contributed by atoms with Crippen molar-refractivity contribution in [1.29, 1.82) is 0 Å². The fourth-order valence-corrected chi connectivity index (χ4v) is 7.39. The van der Waals surface area contributed by atoms with Crippen molar-refractivity contribution >= 4 is 17.7 Å². The number of nitrogens with one attached hydrogen (secondary N) is 1. The van der Waals surface area contributed by atoms with Crippen molar-refractivity contribution in [3.8, 4) is 5.69 Å². The van der Waals surface area contributed by atoms with E-state index < -0.39 is 0 Å². The molecule has 5 nitrogen and oxygen atoms in total. The molecule has 1 unspecified atom stereocenters. The van der Waals surface area contributed by atoms with E-state index in [-0.39, 0.29) is 11.9 Å². The summed E-state index contributed by atoms with van der Waals surface area (Å²) in [5.41, 5.74) is 1.37. The third-order valence-corrected chi connectivity index (χ3v) is 8.45. The van der Waals surface area contributed by atoms with Gasteiger partial charge in [0.25, 0.3) is 0 Å². The third kappa shape index (κ3) is 3.60. The van der Waals surface area contributed by atoms with Crippen LogP contribution in [0.2, 0.25) is 0 Å². The number of thioether (sulfide) groups is 1. The van der Waals surface area contributed by atoms with Crippen molar-refractivity contribution < 1.29 is 4.79 Å². The minimum absolute atomic E-state index is 0.110. The quantitative estimate of drug-likeness (QED) is 0.718. The molecule has 0 radical (unpaired) electrons. The number of carbonyl (C=O) groups excluding carboxylic acids is 1. The Morgan fingerprint density at radius 1 is 1.14 bits per heavy atom. The Labute approximate surface area is 177 Å². The zero-order valence-electron chi connectivity index (χ0n) is 17.3. The number of hydrogen-bond donors (Lipinski definition) is 1. The molecule has 4 aliphatic carbocycles. The number of carbonyl (C=O) groups is 1. The van der Waals surface area contributed by atoms with Crippen LogP contribution in [-0.4, -0.2) is 32.5 Å². The van der Waals surface area contributed by atoms with Gasteiger partial charge in [-0.05, 0) is 87.7 Å². The molecule has 6 heteroatoms. The van der Waals surface area contributed by atoms with Crippen LogP contribution in [0.1, 0.15) is 51.3 Å². The van der Waals surface area contributed by atoms with Crippen molar-refractivity contribution in [2.75, 3.05) is 5.75 Å². The van der Waals surface area contributed by atoms with Gasteiger partial charge in [0.05, 0.1) is 5.75 Å². The molecule has 1 aromatic carbocycles. The van der Waals surface area contributed by atoms with E-state index in [4.69, 9.17) is 0 Å². The van der Waals surface area contributed by atoms with Gasteiger partial charge in [-0.3, -0.25) is 9.36 Å². The van der Waals surface area contributed by atoms with Crippen LogP contribution in [0.4, 0.5) is 0 Å². The summed E-state index contributed by atoms with van der Waals surface area (Å²) in [6, 6.07) is 10.3. The molecule has 0 aliphatic heterocycles. The highest BCUT2D eigenvalue weighted by molar-refractivity contribution is 7.99. The molecule has 2 aromatic rings. The predicted molar refractivity (Wildman–Crippen MR) is 115 cm³/mol. The van der Waals surface area contributed by atoms with Gasteiger partial charge in [0.1, 0.15) is 5.82 Å². The molecule has 4 bridgehead atoms. The molecule has 1 N–H and O–H groups in total. The molecule has 1 amide bonds. The average molecular weight is 411 g/mol.